The molecule has 1 aromatic heterocycles. The fraction of sp³-hybridized carbons (Fsp3) is 0. The molecule has 9 rings (SSSR count). The first-order valence-electron chi connectivity index (χ1n) is 17.7. The largest absolute Gasteiger partial charge is 0.456 e. The van der Waals surface area contributed by atoms with Crippen LogP contribution in [0.4, 0.5) is 0 Å². The Bertz CT molecular complexity index is 2830. The highest BCUT2D eigenvalue weighted by molar-refractivity contribution is 6.23. The summed E-state index contributed by atoms with van der Waals surface area (Å²) in [6, 6.07) is 35.8. The molecule has 0 N–H and O–H groups in total. The van der Waals surface area contributed by atoms with Crippen molar-refractivity contribution >= 4 is 54.3 Å². The highest BCUT2D eigenvalue weighted by atomic mass is 16.3. The third-order valence-corrected chi connectivity index (χ3v) is 8.38. The zero-order valence-electron chi connectivity index (χ0n) is 29.9. The minimum Gasteiger partial charge on any atom is -0.456 e. The molecule has 1 heterocycles. The van der Waals surface area contributed by atoms with Crippen LogP contribution in [-0.2, 0) is 0 Å². The molecule has 0 fully saturated rings. The van der Waals surface area contributed by atoms with Gasteiger partial charge in [-0.1, -0.05) is 139 Å². The Kier molecular flexibility index (Phi) is 3.95. The van der Waals surface area contributed by atoms with Crippen LogP contribution in [-0.4, -0.2) is 0 Å². The standard InChI is InChI=1S/C42H26O/c1-2-12-31-28(10-1)11-9-18-33(31)42-36-16-5-3-14-34(36)41(35-15-4-6-17-37(35)42)29-22-20-27(21-23-29)30-24-25-40-38(26-30)32-13-7-8-19-39(32)43-40/h1-26H/i1D,2D,9D,10D,11D,12D,18D. The molecule has 0 amide bonds. The molecule has 0 saturated heterocycles. The van der Waals surface area contributed by atoms with Gasteiger partial charge in [0.05, 0.1) is 9.60 Å². The normalized spacial score (nSPS) is 14.0. The van der Waals surface area contributed by atoms with Crippen LogP contribution in [0.25, 0.3) is 87.6 Å². The lowest BCUT2D eigenvalue weighted by molar-refractivity contribution is 0.669. The van der Waals surface area contributed by atoms with Crippen LogP contribution in [0, 0.1) is 0 Å². The third-order valence-electron chi connectivity index (χ3n) is 8.38. The van der Waals surface area contributed by atoms with Crippen molar-refractivity contribution in [2.24, 2.45) is 0 Å². The summed E-state index contributed by atoms with van der Waals surface area (Å²) in [6.45, 7) is 0. The first-order valence-corrected chi connectivity index (χ1v) is 14.2. The first kappa shape index (κ1) is 18.0. The lowest BCUT2D eigenvalue weighted by atomic mass is 9.84. The number of fused-ring (bicyclic) bond motifs is 6. The number of furan rings is 1. The molecule has 0 spiro atoms. The maximum absolute atomic E-state index is 9.14. The second-order valence-corrected chi connectivity index (χ2v) is 10.7. The number of para-hydroxylation sites is 1. The van der Waals surface area contributed by atoms with E-state index in [0.717, 1.165) is 65.7 Å². The Morgan fingerprint density at radius 2 is 0.953 bits per heavy atom. The summed E-state index contributed by atoms with van der Waals surface area (Å²) in [7, 11) is 0. The van der Waals surface area contributed by atoms with Crippen molar-refractivity contribution in [1.29, 1.82) is 0 Å². The van der Waals surface area contributed by atoms with E-state index >= 15 is 0 Å². The van der Waals surface area contributed by atoms with Gasteiger partial charge in [0, 0.05) is 10.8 Å². The van der Waals surface area contributed by atoms with Gasteiger partial charge in [-0.3, -0.25) is 0 Å². The van der Waals surface area contributed by atoms with E-state index in [1.54, 1.807) is 0 Å². The molecule has 0 bridgehead atoms. The van der Waals surface area contributed by atoms with Crippen LogP contribution in [0.2, 0.25) is 0 Å². The van der Waals surface area contributed by atoms with Crippen molar-refractivity contribution in [3.05, 3.63) is 158 Å². The highest BCUT2D eigenvalue weighted by Gasteiger charge is 2.18. The van der Waals surface area contributed by atoms with E-state index < -0.39 is 12.1 Å². The lowest BCUT2D eigenvalue weighted by Gasteiger charge is -2.19. The summed E-state index contributed by atoms with van der Waals surface area (Å²) in [5.74, 6) is 0. The summed E-state index contributed by atoms with van der Waals surface area (Å²) < 4.78 is 66.9. The average Bonchev–Trinajstić information content (AvgIpc) is 3.53. The van der Waals surface area contributed by atoms with Crippen molar-refractivity contribution in [2.45, 2.75) is 0 Å². The molecule has 200 valence electrons. The minimum atomic E-state index is -0.467. The Balaban J connectivity index is 1.30. The number of rotatable bonds is 3. The maximum atomic E-state index is 9.14. The van der Waals surface area contributed by atoms with Gasteiger partial charge < -0.3 is 4.42 Å². The Labute approximate surface area is 259 Å². The average molecular weight is 554 g/mol. The van der Waals surface area contributed by atoms with E-state index in [0.29, 0.717) is 5.56 Å². The summed E-state index contributed by atoms with van der Waals surface area (Å²) in [5, 5.41) is 5.52. The molecule has 0 aliphatic heterocycles. The second-order valence-electron chi connectivity index (χ2n) is 10.7. The van der Waals surface area contributed by atoms with E-state index in [4.69, 9.17) is 14.0 Å². The molecule has 1 heteroatoms. The Morgan fingerprint density at radius 3 is 1.70 bits per heavy atom. The first-order chi connectivity index (χ1) is 24.2. The van der Waals surface area contributed by atoms with Gasteiger partial charge in [-0.2, -0.15) is 0 Å². The van der Waals surface area contributed by atoms with E-state index in [1.165, 1.54) is 0 Å². The van der Waals surface area contributed by atoms with Crippen LogP contribution in [0.1, 0.15) is 9.60 Å². The van der Waals surface area contributed by atoms with Gasteiger partial charge in [-0.05, 0) is 83.9 Å². The van der Waals surface area contributed by atoms with Crippen molar-refractivity contribution < 1.29 is 14.0 Å². The van der Waals surface area contributed by atoms with Gasteiger partial charge in [-0.25, -0.2) is 0 Å². The molecular formula is C42H26O. The number of benzene rings is 8. The molecular weight excluding hydrogens is 520 g/mol. The smallest absolute Gasteiger partial charge is 0.135 e. The lowest BCUT2D eigenvalue weighted by Crippen LogP contribution is -1.91. The van der Waals surface area contributed by atoms with Gasteiger partial charge in [0.2, 0.25) is 0 Å². The van der Waals surface area contributed by atoms with Crippen LogP contribution >= 0.6 is 0 Å². The molecule has 0 atom stereocenters. The van der Waals surface area contributed by atoms with Gasteiger partial charge in [-0.15, -0.1) is 0 Å². The number of hydrogen-bond donors (Lipinski definition) is 0. The number of hydrogen-bond acceptors (Lipinski definition) is 1. The summed E-state index contributed by atoms with van der Waals surface area (Å²) in [4.78, 5) is 0. The summed E-state index contributed by atoms with van der Waals surface area (Å²) >= 11 is 0. The molecule has 43 heavy (non-hydrogen) atoms. The second kappa shape index (κ2) is 9.44. The van der Waals surface area contributed by atoms with Crippen molar-refractivity contribution in [3.8, 4) is 33.4 Å². The zero-order valence-corrected chi connectivity index (χ0v) is 22.9. The Hall–Kier alpha value is -5.66. The van der Waals surface area contributed by atoms with E-state index in [-0.39, 0.29) is 46.5 Å². The van der Waals surface area contributed by atoms with Crippen molar-refractivity contribution in [1.82, 2.24) is 0 Å². The molecule has 0 aliphatic carbocycles. The molecule has 1 nitrogen and oxygen atoms in total. The maximum Gasteiger partial charge on any atom is 0.135 e. The van der Waals surface area contributed by atoms with Crippen LogP contribution in [0.5, 0.6) is 0 Å². The molecule has 0 aliphatic rings. The predicted octanol–water partition coefficient (Wildman–Crippen LogP) is 12.0. The summed E-state index contributed by atoms with van der Waals surface area (Å²) in [6.07, 6.45) is 0. The molecule has 0 unspecified atom stereocenters. The van der Waals surface area contributed by atoms with Gasteiger partial charge in [0.1, 0.15) is 11.2 Å². The highest BCUT2D eigenvalue weighted by Crippen LogP contribution is 2.45. The topological polar surface area (TPSA) is 13.1 Å². The van der Waals surface area contributed by atoms with Crippen molar-refractivity contribution in [2.75, 3.05) is 0 Å². The predicted molar refractivity (Wildman–Crippen MR) is 183 cm³/mol. The minimum absolute atomic E-state index is 0.0542. The van der Waals surface area contributed by atoms with Crippen LogP contribution in [0.15, 0.2) is 162 Å². The van der Waals surface area contributed by atoms with Gasteiger partial charge >= 0.3 is 0 Å². The molecule has 8 aromatic carbocycles. The van der Waals surface area contributed by atoms with E-state index in [2.05, 4.69) is 42.5 Å². The molecule has 0 radical (unpaired) electrons. The monoisotopic (exact) mass is 553 g/mol. The SMILES string of the molecule is [2H]c1c([2H])c([2H])c2c(-c3c4ccccc4c(-c4ccc(-c5ccc6oc7ccccc7c6c5)cc4)c4ccccc34)c([2H])c([2H])c([2H])c2c1[2H]. The van der Waals surface area contributed by atoms with Gasteiger partial charge in [0.15, 0.2) is 0 Å². The molecule has 0 saturated carbocycles. The van der Waals surface area contributed by atoms with Crippen molar-refractivity contribution in [3.63, 3.8) is 0 Å². The quantitative estimate of drug-likeness (QED) is 0.198. The van der Waals surface area contributed by atoms with Crippen LogP contribution in [0.3, 0.4) is 0 Å². The van der Waals surface area contributed by atoms with E-state index in [9.17, 15) is 0 Å². The van der Waals surface area contributed by atoms with E-state index in [1.807, 2.05) is 72.8 Å². The summed E-state index contributed by atoms with van der Waals surface area (Å²) in [5.41, 5.74) is 6.64. The fourth-order valence-electron chi connectivity index (χ4n) is 6.44. The fourth-order valence-corrected chi connectivity index (χ4v) is 6.44. The third kappa shape index (κ3) is 3.72. The Morgan fingerprint density at radius 1 is 0.395 bits per heavy atom. The van der Waals surface area contributed by atoms with Gasteiger partial charge in [0.25, 0.3) is 0 Å². The zero-order chi connectivity index (χ0) is 34.4. The molecule has 9 aromatic rings. The van der Waals surface area contributed by atoms with Crippen LogP contribution < -0.4 is 0 Å².